The zero-order chi connectivity index (χ0) is 8.81. The van der Waals surface area contributed by atoms with Crippen LogP contribution in [0.2, 0.25) is 0 Å². The molecule has 0 aliphatic rings. The highest BCUT2D eigenvalue weighted by molar-refractivity contribution is 6.77. The van der Waals surface area contributed by atoms with Gasteiger partial charge in [0.25, 0.3) is 0 Å². The number of hydrogen-bond donors (Lipinski definition) is 0. The molecule has 0 amide bonds. The van der Waals surface area contributed by atoms with Crippen molar-refractivity contribution in [2.24, 2.45) is 0 Å². The molecular weight excluding hydrogens is 164 g/mol. The number of hydrogen-bond acceptors (Lipinski definition) is 1. The Bertz CT molecular complexity index is 233. The number of ether oxygens (including phenoxy) is 1. The first-order chi connectivity index (χ1) is 5.88. The summed E-state index contributed by atoms with van der Waals surface area (Å²) in [6.45, 7) is 3.82. The maximum Gasteiger partial charge on any atom is 0.141 e. The van der Waals surface area contributed by atoms with E-state index < -0.39 is 8.80 Å². The molecule has 0 aliphatic carbocycles. The Morgan fingerprint density at radius 2 is 2.08 bits per heavy atom. The van der Waals surface area contributed by atoms with E-state index in [0.29, 0.717) is 0 Å². The number of methoxy groups -OCH3 is 1. The minimum atomic E-state index is -0.671. The van der Waals surface area contributed by atoms with Gasteiger partial charge in [-0.25, -0.2) is 0 Å². The minimum Gasteiger partial charge on any atom is -0.387 e. The van der Waals surface area contributed by atoms with Crippen molar-refractivity contribution in [1.29, 1.82) is 0 Å². The molecule has 12 heavy (non-hydrogen) atoms. The first-order valence-electron chi connectivity index (χ1n) is 3.91. The van der Waals surface area contributed by atoms with Gasteiger partial charge in [0.15, 0.2) is 0 Å². The zero-order valence-corrected chi connectivity index (χ0v) is 8.29. The van der Waals surface area contributed by atoms with Gasteiger partial charge in [-0.2, -0.15) is 0 Å². The first kappa shape index (κ1) is 9.23. The third kappa shape index (κ3) is 2.32. The van der Waals surface area contributed by atoms with E-state index in [-0.39, 0.29) is 0 Å². The summed E-state index contributed by atoms with van der Waals surface area (Å²) in [4.78, 5) is 0. The lowest BCUT2D eigenvalue weighted by Crippen LogP contribution is -2.32. The Hall–Kier alpha value is -0.863. The van der Waals surface area contributed by atoms with E-state index in [9.17, 15) is 0 Å². The molecule has 1 radical (unpaired) electrons. The predicted molar refractivity (Wildman–Crippen MR) is 53.9 cm³/mol. The molecule has 0 N–H and O–H groups in total. The second-order valence-corrected chi connectivity index (χ2v) is 4.85. The summed E-state index contributed by atoms with van der Waals surface area (Å²) in [6, 6.07) is 10.4. The standard InChI is InChI=1S/C10H13OSi/c1-3-12(9-11-2)10-7-5-4-6-8-10/h3-8H,1,9H2,2H3. The van der Waals surface area contributed by atoms with E-state index in [1.54, 1.807) is 7.11 Å². The number of benzene rings is 1. The fourth-order valence-corrected chi connectivity index (χ4v) is 2.52. The highest BCUT2D eigenvalue weighted by Crippen LogP contribution is 1.90. The van der Waals surface area contributed by atoms with Crippen LogP contribution in [0.1, 0.15) is 0 Å². The van der Waals surface area contributed by atoms with Gasteiger partial charge in [0, 0.05) is 13.3 Å². The maximum absolute atomic E-state index is 5.12. The summed E-state index contributed by atoms with van der Waals surface area (Å²) in [5.74, 6) is 0. The third-order valence-corrected chi connectivity index (χ3v) is 3.86. The van der Waals surface area contributed by atoms with Crippen molar-refractivity contribution in [3.63, 3.8) is 0 Å². The number of rotatable bonds is 4. The first-order valence-corrected chi connectivity index (χ1v) is 5.69. The molecule has 0 unspecified atom stereocenters. The molecular formula is C10H13OSi. The van der Waals surface area contributed by atoms with Crippen molar-refractivity contribution in [3.05, 3.63) is 42.6 Å². The summed E-state index contributed by atoms with van der Waals surface area (Å²) in [5.41, 5.74) is 2.02. The second kappa shape index (κ2) is 4.90. The van der Waals surface area contributed by atoms with Gasteiger partial charge < -0.3 is 4.74 Å². The van der Waals surface area contributed by atoms with Gasteiger partial charge in [0.1, 0.15) is 8.80 Å². The van der Waals surface area contributed by atoms with E-state index in [1.165, 1.54) is 5.19 Å². The highest BCUT2D eigenvalue weighted by Gasteiger charge is 2.07. The molecule has 1 rings (SSSR count). The van der Waals surface area contributed by atoms with Crippen LogP contribution in [0.3, 0.4) is 0 Å². The van der Waals surface area contributed by atoms with E-state index in [0.717, 1.165) is 6.23 Å². The van der Waals surface area contributed by atoms with E-state index >= 15 is 0 Å². The van der Waals surface area contributed by atoms with Crippen LogP contribution < -0.4 is 5.19 Å². The lowest BCUT2D eigenvalue weighted by molar-refractivity contribution is 0.251. The second-order valence-electron chi connectivity index (χ2n) is 2.53. The van der Waals surface area contributed by atoms with Crippen LogP contribution in [0.5, 0.6) is 0 Å². The molecule has 0 heterocycles. The lowest BCUT2D eigenvalue weighted by atomic mass is 10.4. The maximum atomic E-state index is 5.12. The van der Waals surface area contributed by atoms with Gasteiger partial charge in [-0.05, 0) is 0 Å². The molecule has 2 heteroatoms. The van der Waals surface area contributed by atoms with Gasteiger partial charge in [-0.1, -0.05) is 41.2 Å². The van der Waals surface area contributed by atoms with Crippen molar-refractivity contribution in [3.8, 4) is 0 Å². The minimum absolute atomic E-state index is 0.671. The predicted octanol–water partition coefficient (Wildman–Crippen LogP) is 1.30. The average Bonchev–Trinajstić information content (AvgIpc) is 2.15. The molecule has 63 valence electrons. The topological polar surface area (TPSA) is 9.23 Å². The third-order valence-electron chi connectivity index (χ3n) is 1.69. The summed E-state index contributed by atoms with van der Waals surface area (Å²) >= 11 is 0. The van der Waals surface area contributed by atoms with Crippen LogP contribution in [0.4, 0.5) is 0 Å². The molecule has 1 nitrogen and oxygen atoms in total. The van der Waals surface area contributed by atoms with Crippen molar-refractivity contribution >= 4 is 14.0 Å². The van der Waals surface area contributed by atoms with Gasteiger partial charge in [0.05, 0.1) is 0 Å². The van der Waals surface area contributed by atoms with E-state index in [2.05, 4.69) is 30.8 Å². The smallest absolute Gasteiger partial charge is 0.141 e. The van der Waals surface area contributed by atoms with Gasteiger partial charge in [-0.15, -0.1) is 6.58 Å². The quantitative estimate of drug-likeness (QED) is 0.630. The SMILES string of the molecule is C=C[Si](COC)c1ccccc1. The zero-order valence-electron chi connectivity index (χ0n) is 7.29. The Balaban J connectivity index is 2.73. The molecule has 0 aliphatic heterocycles. The summed E-state index contributed by atoms with van der Waals surface area (Å²) < 4.78 is 5.12. The van der Waals surface area contributed by atoms with Crippen LogP contribution in [-0.4, -0.2) is 22.1 Å². The molecule has 0 saturated carbocycles. The van der Waals surface area contributed by atoms with Crippen LogP contribution in [-0.2, 0) is 4.74 Å². The summed E-state index contributed by atoms with van der Waals surface area (Å²) in [7, 11) is 1.06. The molecule has 1 aromatic rings. The molecule has 0 spiro atoms. The van der Waals surface area contributed by atoms with E-state index in [4.69, 9.17) is 4.74 Å². The Morgan fingerprint density at radius 1 is 1.42 bits per heavy atom. The average molecular weight is 177 g/mol. The Labute approximate surface area is 75.3 Å². The van der Waals surface area contributed by atoms with Crippen LogP contribution >= 0.6 is 0 Å². The van der Waals surface area contributed by atoms with Gasteiger partial charge in [0.2, 0.25) is 0 Å². The summed E-state index contributed by atoms with van der Waals surface area (Å²) in [5, 5.41) is 1.36. The van der Waals surface area contributed by atoms with Crippen molar-refractivity contribution in [2.45, 2.75) is 0 Å². The van der Waals surface area contributed by atoms with Crippen molar-refractivity contribution < 1.29 is 4.74 Å². The monoisotopic (exact) mass is 177 g/mol. The lowest BCUT2D eigenvalue weighted by Gasteiger charge is -2.08. The molecule has 0 bridgehead atoms. The fourth-order valence-electron chi connectivity index (χ4n) is 1.07. The van der Waals surface area contributed by atoms with Gasteiger partial charge in [-0.3, -0.25) is 0 Å². The largest absolute Gasteiger partial charge is 0.387 e. The fraction of sp³-hybridized carbons (Fsp3) is 0.200. The van der Waals surface area contributed by atoms with Crippen molar-refractivity contribution in [2.75, 3.05) is 13.3 Å². The normalized spacial score (nSPS) is 10.2. The van der Waals surface area contributed by atoms with Crippen molar-refractivity contribution in [1.82, 2.24) is 0 Å². The molecule has 0 saturated heterocycles. The van der Waals surface area contributed by atoms with Crippen LogP contribution in [0.25, 0.3) is 0 Å². The summed E-state index contributed by atoms with van der Waals surface area (Å²) in [6.07, 6.45) is 0.804. The van der Waals surface area contributed by atoms with E-state index in [1.807, 2.05) is 11.8 Å². The van der Waals surface area contributed by atoms with Gasteiger partial charge >= 0.3 is 0 Å². The highest BCUT2D eigenvalue weighted by atomic mass is 28.3. The van der Waals surface area contributed by atoms with Crippen LogP contribution in [0, 0.1) is 0 Å². The van der Waals surface area contributed by atoms with Crippen LogP contribution in [0.15, 0.2) is 42.6 Å². The Kier molecular flexibility index (Phi) is 3.77. The Morgan fingerprint density at radius 3 is 2.58 bits per heavy atom. The molecule has 1 aromatic carbocycles. The molecule has 0 atom stereocenters. The molecule has 0 fully saturated rings. The molecule has 0 aromatic heterocycles.